The van der Waals surface area contributed by atoms with Gasteiger partial charge in [-0.1, -0.05) is 30.9 Å². The number of carbonyl (C=O) groups is 1. The minimum Gasteiger partial charge on any atom is -0.497 e. The Kier molecular flexibility index (Phi) is 8.12. The zero-order valence-corrected chi connectivity index (χ0v) is 19.8. The highest BCUT2D eigenvalue weighted by Crippen LogP contribution is 2.29. The van der Waals surface area contributed by atoms with Gasteiger partial charge in [0, 0.05) is 55.3 Å². The fraction of sp³-hybridized carbons (Fsp3) is 0.346. The monoisotopic (exact) mass is 477 g/mol. The number of hydrogen-bond donors (Lipinski definition) is 3. The number of aliphatic hydroxyl groups is 1. The number of ether oxygens (including phenoxy) is 2. The summed E-state index contributed by atoms with van der Waals surface area (Å²) in [6.07, 6.45) is 3.31. The first-order valence-corrected chi connectivity index (χ1v) is 11.6. The van der Waals surface area contributed by atoms with E-state index in [2.05, 4.69) is 38.1 Å². The number of fused-ring (bicyclic) bond motifs is 1. The molecule has 1 aromatic heterocycles. The quantitative estimate of drug-likeness (QED) is 0.402. The lowest BCUT2D eigenvalue weighted by Gasteiger charge is -2.38. The molecule has 1 fully saturated rings. The van der Waals surface area contributed by atoms with Crippen LogP contribution in [0.4, 0.5) is 16.3 Å². The lowest BCUT2D eigenvalue weighted by Crippen LogP contribution is -2.52. The number of aromatic nitrogens is 2. The zero-order chi connectivity index (χ0) is 24.6. The molecule has 2 aromatic carbocycles. The van der Waals surface area contributed by atoms with Crippen molar-refractivity contribution in [1.82, 2.24) is 20.2 Å². The predicted molar refractivity (Wildman–Crippen MR) is 135 cm³/mol. The van der Waals surface area contributed by atoms with Crippen molar-refractivity contribution < 1.29 is 19.4 Å². The molecule has 9 heteroatoms. The maximum atomic E-state index is 12.0. The van der Waals surface area contributed by atoms with Crippen LogP contribution in [0.25, 0.3) is 10.9 Å². The van der Waals surface area contributed by atoms with Crippen molar-refractivity contribution in [3.05, 3.63) is 67.0 Å². The van der Waals surface area contributed by atoms with Crippen LogP contribution >= 0.6 is 0 Å². The molecule has 3 N–H and O–H groups in total. The Labute approximate surface area is 204 Å². The molecule has 184 valence electrons. The number of methoxy groups -OCH3 is 1. The van der Waals surface area contributed by atoms with Crippen molar-refractivity contribution in [2.24, 2.45) is 5.92 Å². The molecule has 0 bridgehead atoms. The average molecular weight is 478 g/mol. The molecule has 1 aliphatic heterocycles. The number of nitrogens with one attached hydrogen (secondary N) is 2. The third kappa shape index (κ3) is 6.06. The molecule has 0 spiro atoms. The zero-order valence-electron chi connectivity index (χ0n) is 19.8. The second-order valence-electron chi connectivity index (χ2n) is 8.49. The van der Waals surface area contributed by atoms with Gasteiger partial charge in [-0.2, -0.15) is 0 Å². The number of nitrogens with zero attached hydrogens (tertiary/aromatic N) is 3. The van der Waals surface area contributed by atoms with E-state index in [0.29, 0.717) is 19.5 Å². The molecular formula is C26H31N5O4. The van der Waals surface area contributed by atoms with Crippen LogP contribution in [-0.2, 0) is 11.3 Å². The number of alkyl carbamates (subject to hydrolysis) is 1. The summed E-state index contributed by atoms with van der Waals surface area (Å²) in [4.78, 5) is 23.2. The topological polar surface area (TPSA) is 109 Å². The van der Waals surface area contributed by atoms with Gasteiger partial charge in [0.15, 0.2) is 0 Å². The average Bonchev–Trinajstić information content (AvgIpc) is 2.88. The third-order valence-corrected chi connectivity index (χ3v) is 6.16. The standard InChI is InChI=1S/C26H31N5O4/c1-3-12-35-26(33)30-22-10-11-31(15-19(22)16-32)14-18-6-4-9-23-24(18)25(28-17-27-23)29-20-7-5-8-21(13-20)34-2/h3-9,13,17,19,22,32H,1,10-12,14-16H2,2H3,(H,30,33)(H,27,28,29)/t19-,22+/m0/s1. The summed E-state index contributed by atoms with van der Waals surface area (Å²) < 4.78 is 10.4. The smallest absolute Gasteiger partial charge is 0.407 e. The van der Waals surface area contributed by atoms with Crippen molar-refractivity contribution in [1.29, 1.82) is 0 Å². The maximum Gasteiger partial charge on any atom is 0.407 e. The van der Waals surface area contributed by atoms with E-state index in [1.165, 1.54) is 6.08 Å². The number of rotatable bonds is 9. The van der Waals surface area contributed by atoms with Crippen LogP contribution in [0.15, 0.2) is 61.4 Å². The molecule has 4 rings (SSSR count). The molecule has 35 heavy (non-hydrogen) atoms. The summed E-state index contributed by atoms with van der Waals surface area (Å²) in [6, 6.07) is 13.6. The Morgan fingerprint density at radius 3 is 2.94 bits per heavy atom. The molecule has 0 saturated carbocycles. The molecule has 0 aliphatic carbocycles. The van der Waals surface area contributed by atoms with Gasteiger partial charge in [-0.25, -0.2) is 14.8 Å². The third-order valence-electron chi connectivity index (χ3n) is 6.16. The van der Waals surface area contributed by atoms with Crippen molar-refractivity contribution >= 4 is 28.5 Å². The van der Waals surface area contributed by atoms with Gasteiger partial charge >= 0.3 is 6.09 Å². The van der Waals surface area contributed by atoms with E-state index in [1.54, 1.807) is 13.4 Å². The van der Waals surface area contributed by atoms with Crippen LogP contribution in [0.2, 0.25) is 0 Å². The number of amides is 1. The van der Waals surface area contributed by atoms with Gasteiger partial charge in [-0.15, -0.1) is 0 Å². The molecule has 1 aliphatic rings. The largest absolute Gasteiger partial charge is 0.497 e. The summed E-state index contributed by atoms with van der Waals surface area (Å²) in [6.45, 7) is 5.76. The molecule has 3 aromatic rings. The summed E-state index contributed by atoms with van der Waals surface area (Å²) >= 11 is 0. The SMILES string of the molecule is C=CCOC(=O)N[C@@H]1CCN(Cc2cccc3ncnc(Nc4cccc(OC)c4)c23)C[C@H]1CO. The molecule has 0 radical (unpaired) electrons. The van der Waals surface area contributed by atoms with E-state index in [0.717, 1.165) is 40.3 Å². The second kappa shape index (κ2) is 11.6. The van der Waals surface area contributed by atoms with E-state index in [9.17, 15) is 9.90 Å². The molecule has 1 saturated heterocycles. The maximum absolute atomic E-state index is 12.0. The van der Waals surface area contributed by atoms with E-state index >= 15 is 0 Å². The normalized spacial score (nSPS) is 18.1. The number of likely N-dealkylation sites (tertiary alicyclic amines) is 1. The minimum absolute atomic E-state index is 0.0236. The fourth-order valence-electron chi connectivity index (χ4n) is 4.44. The molecule has 1 amide bonds. The van der Waals surface area contributed by atoms with Gasteiger partial charge in [0.25, 0.3) is 0 Å². The van der Waals surface area contributed by atoms with Gasteiger partial charge in [0.2, 0.25) is 0 Å². The van der Waals surface area contributed by atoms with Crippen LogP contribution < -0.4 is 15.4 Å². The first kappa shape index (κ1) is 24.4. The van der Waals surface area contributed by atoms with Crippen LogP contribution in [-0.4, -0.2) is 65.5 Å². The lowest BCUT2D eigenvalue weighted by molar-refractivity contribution is 0.0797. The van der Waals surface area contributed by atoms with Crippen molar-refractivity contribution in [3.8, 4) is 5.75 Å². The Balaban J connectivity index is 1.51. The molecule has 0 unspecified atom stereocenters. The van der Waals surface area contributed by atoms with Gasteiger partial charge in [0.05, 0.1) is 12.6 Å². The molecule has 9 nitrogen and oxygen atoms in total. The second-order valence-corrected chi connectivity index (χ2v) is 8.49. The number of aliphatic hydroxyl groups excluding tert-OH is 1. The molecule has 2 heterocycles. The Bertz CT molecular complexity index is 1170. The number of carbonyl (C=O) groups excluding carboxylic acids is 1. The van der Waals surface area contributed by atoms with Gasteiger partial charge in [0.1, 0.15) is 24.5 Å². The molecular weight excluding hydrogens is 446 g/mol. The predicted octanol–water partition coefficient (Wildman–Crippen LogP) is 3.48. The Morgan fingerprint density at radius 2 is 2.14 bits per heavy atom. The minimum atomic E-state index is -0.485. The van der Waals surface area contributed by atoms with E-state index in [1.807, 2.05) is 36.4 Å². The van der Waals surface area contributed by atoms with Crippen LogP contribution in [0, 0.1) is 5.92 Å². The number of hydrogen-bond acceptors (Lipinski definition) is 8. The highest BCUT2D eigenvalue weighted by Gasteiger charge is 2.30. The Hall–Kier alpha value is -3.69. The first-order valence-electron chi connectivity index (χ1n) is 11.6. The van der Waals surface area contributed by atoms with Crippen LogP contribution in [0.3, 0.4) is 0 Å². The van der Waals surface area contributed by atoms with E-state index in [-0.39, 0.29) is 25.2 Å². The van der Waals surface area contributed by atoms with Gasteiger partial charge < -0.3 is 25.2 Å². The highest BCUT2D eigenvalue weighted by molar-refractivity contribution is 5.93. The number of anilines is 2. The molecule has 2 atom stereocenters. The van der Waals surface area contributed by atoms with E-state index in [4.69, 9.17) is 9.47 Å². The van der Waals surface area contributed by atoms with Crippen LogP contribution in [0.1, 0.15) is 12.0 Å². The highest BCUT2D eigenvalue weighted by atomic mass is 16.5. The van der Waals surface area contributed by atoms with Crippen molar-refractivity contribution in [3.63, 3.8) is 0 Å². The summed E-state index contributed by atoms with van der Waals surface area (Å²) in [5, 5.41) is 17.2. The number of piperidine rings is 1. The first-order chi connectivity index (χ1) is 17.1. The Morgan fingerprint density at radius 1 is 1.29 bits per heavy atom. The number of benzene rings is 2. The summed E-state index contributed by atoms with van der Waals surface area (Å²) in [5.41, 5.74) is 2.81. The van der Waals surface area contributed by atoms with Gasteiger partial charge in [-0.05, 0) is 30.2 Å². The van der Waals surface area contributed by atoms with Crippen molar-refractivity contribution in [2.45, 2.75) is 19.0 Å². The lowest BCUT2D eigenvalue weighted by atomic mass is 9.92. The van der Waals surface area contributed by atoms with Crippen molar-refractivity contribution in [2.75, 3.05) is 38.7 Å². The summed E-state index contributed by atoms with van der Waals surface area (Å²) in [5.74, 6) is 1.38. The van der Waals surface area contributed by atoms with Crippen LogP contribution in [0.5, 0.6) is 5.75 Å². The summed E-state index contributed by atoms with van der Waals surface area (Å²) in [7, 11) is 1.64. The fourth-order valence-corrected chi connectivity index (χ4v) is 4.44. The van der Waals surface area contributed by atoms with E-state index < -0.39 is 6.09 Å². The van der Waals surface area contributed by atoms with Gasteiger partial charge in [-0.3, -0.25) is 4.90 Å².